The van der Waals surface area contributed by atoms with Crippen molar-refractivity contribution in [3.8, 4) is 11.4 Å². The molecule has 0 unspecified atom stereocenters. The van der Waals surface area contributed by atoms with Crippen molar-refractivity contribution < 1.29 is 4.79 Å². The molecule has 7 heteroatoms. The lowest BCUT2D eigenvalue weighted by atomic mass is 10.1. The maximum absolute atomic E-state index is 12.3. The number of aromatic amines is 1. The number of carbonyl (C=O) groups excluding carboxylic acids is 1. The minimum absolute atomic E-state index is 0.242. The Hall–Kier alpha value is -3.25. The van der Waals surface area contributed by atoms with Crippen LogP contribution in [-0.2, 0) is 0 Å². The first-order chi connectivity index (χ1) is 12.6. The highest BCUT2D eigenvalue weighted by Gasteiger charge is 2.12. The summed E-state index contributed by atoms with van der Waals surface area (Å²) in [4.78, 5) is 28.3. The molecular formula is C19H14ClN5O. The number of rotatable bonds is 3. The third kappa shape index (κ3) is 3.14. The number of hydrogen-bond donors (Lipinski definition) is 2. The van der Waals surface area contributed by atoms with Gasteiger partial charge in [-0.05, 0) is 48.9 Å². The number of pyridine rings is 2. The predicted molar refractivity (Wildman–Crippen MR) is 101 cm³/mol. The van der Waals surface area contributed by atoms with Crippen molar-refractivity contribution in [1.82, 2.24) is 19.9 Å². The zero-order valence-corrected chi connectivity index (χ0v) is 14.6. The maximum atomic E-state index is 12.3. The van der Waals surface area contributed by atoms with E-state index in [1.54, 1.807) is 42.7 Å². The largest absolute Gasteiger partial charge is 0.337 e. The minimum atomic E-state index is -0.242. The first-order valence-electron chi connectivity index (χ1n) is 7.94. The van der Waals surface area contributed by atoms with Crippen LogP contribution in [0.25, 0.3) is 22.6 Å². The van der Waals surface area contributed by atoms with Crippen molar-refractivity contribution in [2.24, 2.45) is 0 Å². The number of imidazole rings is 1. The fraction of sp³-hybridized carbons (Fsp3) is 0.0526. The third-order valence-corrected chi connectivity index (χ3v) is 4.21. The summed E-state index contributed by atoms with van der Waals surface area (Å²) in [5.74, 6) is 0.355. The number of aromatic nitrogens is 4. The average molecular weight is 364 g/mol. The van der Waals surface area contributed by atoms with Crippen LogP contribution in [-0.4, -0.2) is 25.8 Å². The van der Waals surface area contributed by atoms with Gasteiger partial charge in [-0.25, -0.2) is 9.97 Å². The third-order valence-electron chi connectivity index (χ3n) is 3.88. The van der Waals surface area contributed by atoms with E-state index < -0.39 is 0 Å². The second kappa shape index (κ2) is 6.57. The number of nitrogens with one attached hydrogen (secondary N) is 2. The van der Waals surface area contributed by atoms with Crippen LogP contribution in [0.1, 0.15) is 15.9 Å². The molecule has 0 aliphatic rings. The molecule has 0 saturated carbocycles. The summed E-state index contributed by atoms with van der Waals surface area (Å²) < 4.78 is 0. The van der Waals surface area contributed by atoms with Crippen molar-refractivity contribution in [2.45, 2.75) is 6.92 Å². The Balaban J connectivity index is 1.68. The van der Waals surface area contributed by atoms with E-state index in [0.717, 1.165) is 11.1 Å². The molecule has 0 atom stereocenters. The molecule has 0 saturated heterocycles. The molecule has 1 amide bonds. The Morgan fingerprint density at radius 2 is 2.08 bits per heavy atom. The normalized spacial score (nSPS) is 10.8. The smallest absolute Gasteiger partial charge is 0.257 e. The summed E-state index contributed by atoms with van der Waals surface area (Å²) in [5.41, 5.74) is 4.27. The van der Waals surface area contributed by atoms with E-state index in [1.807, 2.05) is 13.0 Å². The zero-order chi connectivity index (χ0) is 18.1. The number of anilines is 1. The van der Waals surface area contributed by atoms with E-state index in [9.17, 15) is 4.79 Å². The number of amides is 1. The van der Waals surface area contributed by atoms with E-state index in [2.05, 4.69) is 25.3 Å². The van der Waals surface area contributed by atoms with E-state index in [0.29, 0.717) is 33.3 Å². The number of nitrogens with zero attached hydrogens (tertiary/aromatic N) is 3. The Bertz CT molecular complexity index is 1110. The van der Waals surface area contributed by atoms with Gasteiger partial charge in [0.1, 0.15) is 5.82 Å². The van der Waals surface area contributed by atoms with Gasteiger partial charge >= 0.3 is 0 Å². The maximum Gasteiger partial charge on any atom is 0.257 e. The van der Waals surface area contributed by atoms with Gasteiger partial charge < -0.3 is 10.3 Å². The summed E-state index contributed by atoms with van der Waals surface area (Å²) in [7, 11) is 0. The molecule has 6 nitrogen and oxygen atoms in total. The average Bonchev–Trinajstić information content (AvgIpc) is 3.07. The molecular weight excluding hydrogens is 350 g/mol. The Morgan fingerprint density at radius 3 is 2.88 bits per heavy atom. The molecule has 4 rings (SSSR count). The predicted octanol–water partition coefficient (Wildman–Crippen LogP) is 4.23. The van der Waals surface area contributed by atoms with E-state index in [1.165, 1.54) is 6.20 Å². The molecule has 128 valence electrons. The SMILES string of the molecule is Cc1cnc2nc(-c3cc(NC(=O)c4cccnc4)ccc3Cl)[nH]c2c1. The highest BCUT2D eigenvalue weighted by Crippen LogP contribution is 2.30. The summed E-state index contributed by atoms with van der Waals surface area (Å²) >= 11 is 6.34. The van der Waals surface area contributed by atoms with Gasteiger partial charge in [-0.2, -0.15) is 0 Å². The number of fused-ring (bicyclic) bond motifs is 1. The van der Waals surface area contributed by atoms with Gasteiger partial charge in [0.2, 0.25) is 0 Å². The lowest BCUT2D eigenvalue weighted by Crippen LogP contribution is -2.12. The molecule has 0 fully saturated rings. The fourth-order valence-electron chi connectivity index (χ4n) is 2.62. The van der Waals surface area contributed by atoms with Crippen LogP contribution in [0.3, 0.4) is 0 Å². The van der Waals surface area contributed by atoms with Gasteiger partial charge in [-0.3, -0.25) is 9.78 Å². The van der Waals surface area contributed by atoms with Crippen LogP contribution in [0.4, 0.5) is 5.69 Å². The number of aryl methyl sites for hydroxylation is 1. The summed E-state index contributed by atoms with van der Waals surface area (Å²) in [5, 5.41) is 3.37. The number of H-pyrrole nitrogens is 1. The first kappa shape index (κ1) is 16.2. The molecule has 1 aromatic carbocycles. The highest BCUT2D eigenvalue weighted by molar-refractivity contribution is 6.33. The summed E-state index contributed by atoms with van der Waals surface area (Å²) in [6.07, 6.45) is 4.90. The lowest BCUT2D eigenvalue weighted by Gasteiger charge is -2.08. The number of carbonyl (C=O) groups is 1. The number of benzene rings is 1. The van der Waals surface area contributed by atoms with Crippen LogP contribution in [0.2, 0.25) is 5.02 Å². The number of halogens is 1. The Labute approximate surface area is 154 Å². The van der Waals surface area contributed by atoms with Gasteiger partial charge in [0, 0.05) is 29.8 Å². The molecule has 0 radical (unpaired) electrons. The lowest BCUT2D eigenvalue weighted by molar-refractivity contribution is 0.102. The zero-order valence-electron chi connectivity index (χ0n) is 13.8. The quantitative estimate of drug-likeness (QED) is 0.570. The van der Waals surface area contributed by atoms with Crippen LogP contribution < -0.4 is 5.32 Å². The fourth-order valence-corrected chi connectivity index (χ4v) is 2.82. The molecule has 0 bridgehead atoms. The standard InChI is InChI=1S/C19H14ClN5O/c1-11-7-16-18(22-9-11)25-17(24-16)14-8-13(4-5-15(14)20)23-19(26)12-3-2-6-21-10-12/h2-10H,1H3,(H,23,26)(H,22,24,25). The van der Waals surface area contributed by atoms with Crippen molar-refractivity contribution in [1.29, 1.82) is 0 Å². The second-order valence-corrected chi connectivity index (χ2v) is 6.27. The molecule has 2 N–H and O–H groups in total. The van der Waals surface area contributed by atoms with Gasteiger partial charge in [-0.1, -0.05) is 11.6 Å². The second-order valence-electron chi connectivity index (χ2n) is 5.86. The van der Waals surface area contributed by atoms with E-state index in [-0.39, 0.29) is 5.91 Å². The van der Waals surface area contributed by atoms with Gasteiger partial charge in [0.05, 0.1) is 16.1 Å². The van der Waals surface area contributed by atoms with Gasteiger partial charge in [0.25, 0.3) is 5.91 Å². The molecule has 0 aliphatic carbocycles. The van der Waals surface area contributed by atoms with Crippen molar-refractivity contribution >= 4 is 34.4 Å². The molecule has 3 aromatic heterocycles. The molecule has 0 aliphatic heterocycles. The topological polar surface area (TPSA) is 83.6 Å². The highest BCUT2D eigenvalue weighted by atomic mass is 35.5. The van der Waals surface area contributed by atoms with Crippen LogP contribution in [0.5, 0.6) is 0 Å². The van der Waals surface area contributed by atoms with Gasteiger partial charge in [0.15, 0.2) is 5.65 Å². The first-order valence-corrected chi connectivity index (χ1v) is 8.31. The molecule has 0 spiro atoms. The molecule has 26 heavy (non-hydrogen) atoms. The van der Waals surface area contributed by atoms with Crippen molar-refractivity contribution in [3.63, 3.8) is 0 Å². The van der Waals surface area contributed by atoms with Crippen LogP contribution >= 0.6 is 11.6 Å². The van der Waals surface area contributed by atoms with Crippen LogP contribution in [0, 0.1) is 6.92 Å². The van der Waals surface area contributed by atoms with Crippen molar-refractivity contribution in [2.75, 3.05) is 5.32 Å². The molecule has 4 aromatic rings. The van der Waals surface area contributed by atoms with Gasteiger partial charge in [-0.15, -0.1) is 0 Å². The van der Waals surface area contributed by atoms with Crippen LogP contribution in [0.15, 0.2) is 55.0 Å². The van der Waals surface area contributed by atoms with E-state index >= 15 is 0 Å². The van der Waals surface area contributed by atoms with E-state index in [4.69, 9.17) is 11.6 Å². The number of hydrogen-bond acceptors (Lipinski definition) is 4. The Morgan fingerprint density at radius 1 is 1.19 bits per heavy atom. The Kier molecular flexibility index (Phi) is 4.10. The van der Waals surface area contributed by atoms with Crippen molar-refractivity contribution in [3.05, 3.63) is 71.1 Å². The molecule has 3 heterocycles. The summed E-state index contributed by atoms with van der Waals surface area (Å²) in [6.45, 7) is 1.97. The summed E-state index contributed by atoms with van der Waals surface area (Å²) in [6, 6.07) is 10.6. The minimum Gasteiger partial charge on any atom is -0.337 e. The monoisotopic (exact) mass is 363 g/mol.